The number of benzene rings is 1. The molecule has 1 aromatic carbocycles. The van der Waals surface area contributed by atoms with Gasteiger partial charge < -0.3 is 4.90 Å². The Hall–Kier alpha value is -2.73. The average Bonchev–Trinajstić information content (AvgIpc) is 3.40. The molecule has 0 aliphatic carbocycles. The van der Waals surface area contributed by atoms with Gasteiger partial charge in [0.05, 0.1) is 0 Å². The molecule has 1 aliphatic rings. The molecule has 4 aromatic rings. The van der Waals surface area contributed by atoms with E-state index in [1.807, 2.05) is 10.6 Å². The SMILES string of the molecule is Cc1ccccc1C1CC(C)N(c2ccc3nnc(-c4ccsc4)n3n2)C1. The zero-order valence-corrected chi connectivity index (χ0v) is 16.2. The fourth-order valence-corrected chi connectivity index (χ4v) is 4.76. The van der Waals surface area contributed by atoms with Gasteiger partial charge in [0, 0.05) is 29.4 Å². The van der Waals surface area contributed by atoms with Gasteiger partial charge in [-0.25, -0.2) is 0 Å². The number of thiophene rings is 1. The molecule has 0 bridgehead atoms. The molecule has 4 heterocycles. The van der Waals surface area contributed by atoms with Crippen LogP contribution in [-0.2, 0) is 0 Å². The minimum Gasteiger partial charge on any atom is -0.352 e. The topological polar surface area (TPSA) is 46.3 Å². The van der Waals surface area contributed by atoms with E-state index in [0.29, 0.717) is 12.0 Å². The lowest BCUT2D eigenvalue weighted by Crippen LogP contribution is -2.28. The summed E-state index contributed by atoms with van der Waals surface area (Å²) < 4.78 is 1.87. The number of rotatable bonds is 3. The first-order valence-corrected chi connectivity index (χ1v) is 10.2. The van der Waals surface area contributed by atoms with Crippen LogP contribution >= 0.6 is 11.3 Å². The third-order valence-corrected chi connectivity index (χ3v) is 6.21. The summed E-state index contributed by atoms with van der Waals surface area (Å²) in [6.45, 7) is 5.48. The van der Waals surface area contributed by atoms with Crippen LogP contribution in [0.5, 0.6) is 0 Å². The lowest BCUT2D eigenvalue weighted by Gasteiger charge is -2.22. The molecule has 3 aromatic heterocycles. The summed E-state index contributed by atoms with van der Waals surface area (Å²) >= 11 is 1.66. The molecule has 27 heavy (non-hydrogen) atoms. The molecule has 5 nitrogen and oxygen atoms in total. The number of hydrogen-bond acceptors (Lipinski definition) is 5. The highest BCUT2D eigenvalue weighted by atomic mass is 32.1. The fourth-order valence-electron chi connectivity index (χ4n) is 4.12. The maximum absolute atomic E-state index is 4.90. The van der Waals surface area contributed by atoms with Crippen molar-refractivity contribution in [1.29, 1.82) is 0 Å². The summed E-state index contributed by atoms with van der Waals surface area (Å²) in [5.41, 5.74) is 4.67. The van der Waals surface area contributed by atoms with Gasteiger partial charge in [0.1, 0.15) is 5.82 Å². The number of aryl methyl sites for hydroxylation is 1. The maximum atomic E-state index is 4.90. The summed E-state index contributed by atoms with van der Waals surface area (Å²) in [6.07, 6.45) is 1.14. The van der Waals surface area contributed by atoms with Gasteiger partial charge in [0.25, 0.3) is 0 Å². The Morgan fingerprint density at radius 2 is 1.96 bits per heavy atom. The third kappa shape index (κ3) is 2.80. The van der Waals surface area contributed by atoms with Gasteiger partial charge in [-0.2, -0.15) is 15.9 Å². The smallest absolute Gasteiger partial charge is 0.186 e. The summed E-state index contributed by atoms with van der Waals surface area (Å²) in [5.74, 6) is 2.33. The van der Waals surface area contributed by atoms with Gasteiger partial charge in [-0.1, -0.05) is 24.3 Å². The van der Waals surface area contributed by atoms with Gasteiger partial charge in [-0.15, -0.1) is 15.3 Å². The molecule has 2 unspecified atom stereocenters. The van der Waals surface area contributed by atoms with Crippen LogP contribution in [0.25, 0.3) is 17.0 Å². The summed E-state index contributed by atoms with van der Waals surface area (Å²) in [4.78, 5) is 2.41. The molecule has 0 spiro atoms. The average molecular weight is 376 g/mol. The first kappa shape index (κ1) is 16.4. The molecule has 0 amide bonds. The van der Waals surface area contributed by atoms with Crippen LogP contribution in [0.3, 0.4) is 0 Å². The van der Waals surface area contributed by atoms with E-state index < -0.39 is 0 Å². The van der Waals surface area contributed by atoms with Crippen LogP contribution in [-0.4, -0.2) is 32.4 Å². The van der Waals surface area contributed by atoms with Crippen molar-refractivity contribution >= 4 is 22.8 Å². The molecule has 136 valence electrons. The number of anilines is 1. The Kier molecular flexibility index (Phi) is 3.93. The molecule has 1 aliphatic heterocycles. The predicted molar refractivity (Wildman–Crippen MR) is 109 cm³/mol. The Morgan fingerprint density at radius 3 is 2.78 bits per heavy atom. The Morgan fingerprint density at radius 1 is 1.07 bits per heavy atom. The molecular formula is C21H21N5S. The van der Waals surface area contributed by atoms with Crippen LogP contribution < -0.4 is 4.90 Å². The van der Waals surface area contributed by atoms with Crippen LogP contribution in [0.1, 0.15) is 30.4 Å². The van der Waals surface area contributed by atoms with E-state index in [4.69, 9.17) is 5.10 Å². The fraction of sp³-hybridized carbons (Fsp3) is 0.286. The van der Waals surface area contributed by atoms with Gasteiger partial charge in [-0.05, 0) is 55.0 Å². The lowest BCUT2D eigenvalue weighted by molar-refractivity contribution is 0.691. The van der Waals surface area contributed by atoms with E-state index in [1.165, 1.54) is 11.1 Å². The van der Waals surface area contributed by atoms with Gasteiger partial charge in [0.15, 0.2) is 11.5 Å². The lowest BCUT2D eigenvalue weighted by atomic mass is 9.93. The molecule has 1 fully saturated rings. The van der Waals surface area contributed by atoms with Gasteiger partial charge in [0.2, 0.25) is 0 Å². The van der Waals surface area contributed by atoms with Crippen molar-refractivity contribution < 1.29 is 0 Å². The molecule has 2 atom stereocenters. The van der Waals surface area contributed by atoms with Crippen molar-refractivity contribution in [2.24, 2.45) is 0 Å². The molecule has 0 saturated carbocycles. The van der Waals surface area contributed by atoms with Gasteiger partial charge in [-0.3, -0.25) is 0 Å². The van der Waals surface area contributed by atoms with Gasteiger partial charge >= 0.3 is 0 Å². The largest absolute Gasteiger partial charge is 0.352 e. The van der Waals surface area contributed by atoms with Crippen LogP contribution in [0.15, 0.2) is 53.2 Å². The maximum Gasteiger partial charge on any atom is 0.186 e. The van der Waals surface area contributed by atoms with Crippen molar-refractivity contribution in [3.63, 3.8) is 0 Å². The zero-order valence-electron chi connectivity index (χ0n) is 15.4. The first-order valence-electron chi connectivity index (χ1n) is 9.28. The molecular weight excluding hydrogens is 354 g/mol. The number of nitrogens with zero attached hydrogens (tertiary/aromatic N) is 5. The number of fused-ring (bicyclic) bond motifs is 1. The van der Waals surface area contributed by atoms with E-state index >= 15 is 0 Å². The monoisotopic (exact) mass is 375 g/mol. The van der Waals surface area contributed by atoms with Crippen molar-refractivity contribution in [2.45, 2.75) is 32.2 Å². The molecule has 6 heteroatoms. The highest BCUT2D eigenvalue weighted by Gasteiger charge is 2.32. The van der Waals surface area contributed by atoms with Crippen LogP contribution in [0.4, 0.5) is 5.82 Å². The Balaban J connectivity index is 1.50. The normalized spacial score (nSPS) is 19.9. The Labute approximate surface area is 162 Å². The number of aromatic nitrogens is 4. The van der Waals surface area contributed by atoms with Crippen molar-refractivity contribution in [1.82, 2.24) is 19.8 Å². The molecule has 1 saturated heterocycles. The summed E-state index contributed by atoms with van der Waals surface area (Å²) in [6, 6.07) is 15.3. The summed E-state index contributed by atoms with van der Waals surface area (Å²) in [7, 11) is 0. The van der Waals surface area contributed by atoms with Crippen molar-refractivity contribution in [2.75, 3.05) is 11.4 Å². The van der Waals surface area contributed by atoms with E-state index in [1.54, 1.807) is 11.3 Å². The standard InChI is InChI=1S/C21H21N5S/c1-14-5-3-4-6-18(14)17-11-15(2)25(12-17)20-8-7-19-22-23-21(26(19)24-20)16-9-10-27-13-16/h3-10,13,15,17H,11-12H2,1-2H3. The van der Waals surface area contributed by atoms with Crippen molar-refractivity contribution in [3.8, 4) is 11.4 Å². The highest BCUT2D eigenvalue weighted by molar-refractivity contribution is 7.08. The molecule has 0 N–H and O–H groups in total. The van der Waals surface area contributed by atoms with E-state index in [-0.39, 0.29) is 0 Å². The van der Waals surface area contributed by atoms with E-state index in [9.17, 15) is 0 Å². The quantitative estimate of drug-likeness (QED) is 0.527. The highest BCUT2D eigenvalue weighted by Crippen LogP contribution is 2.35. The third-order valence-electron chi connectivity index (χ3n) is 5.53. The minimum absolute atomic E-state index is 0.445. The first-order chi connectivity index (χ1) is 13.2. The van der Waals surface area contributed by atoms with E-state index in [0.717, 1.165) is 35.8 Å². The van der Waals surface area contributed by atoms with E-state index in [2.05, 4.69) is 76.1 Å². The predicted octanol–water partition coefficient (Wildman–Crippen LogP) is 4.54. The van der Waals surface area contributed by atoms with Crippen LogP contribution in [0.2, 0.25) is 0 Å². The number of hydrogen-bond donors (Lipinski definition) is 0. The molecule has 0 radical (unpaired) electrons. The zero-order chi connectivity index (χ0) is 18.4. The Bertz CT molecular complexity index is 1090. The second-order valence-corrected chi connectivity index (χ2v) is 8.07. The minimum atomic E-state index is 0.445. The van der Waals surface area contributed by atoms with Crippen LogP contribution in [0, 0.1) is 6.92 Å². The molecule has 5 rings (SSSR count). The van der Waals surface area contributed by atoms with Crippen molar-refractivity contribution in [3.05, 3.63) is 64.4 Å². The summed E-state index contributed by atoms with van der Waals surface area (Å²) in [5, 5.41) is 17.6. The second-order valence-electron chi connectivity index (χ2n) is 7.29. The second kappa shape index (κ2) is 6.46.